The SMILES string of the molecule is C[C@H](N)c1ccc(Oc2ccccc2CCO)c(Cl)c1. The van der Waals surface area contributed by atoms with Gasteiger partial charge in [0.05, 0.1) is 5.02 Å². The van der Waals surface area contributed by atoms with Crippen LogP contribution in [-0.2, 0) is 6.42 Å². The van der Waals surface area contributed by atoms with Gasteiger partial charge < -0.3 is 15.6 Å². The fourth-order valence-corrected chi connectivity index (χ4v) is 2.16. The lowest BCUT2D eigenvalue weighted by Gasteiger charge is -2.13. The number of rotatable bonds is 5. The smallest absolute Gasteiger partial charge is 0.146 e. The summed E-state index contributed by atoms with van der Waals surface area (Å²) in [6.07, 6.45) is 0.547. The van der Waals surface area contributed by atoms with Crippen LogP contribution in [0.3, 0.4) is 0 Å². The maximum atomic E-state index is 9.07. The average molecular weight is 292 g/mol. The Kier molecular flexibility index (Phi) is 5.01. The molecule has 0 aliphatic carbocycles. The Morgan fingerprint density at radius 1 is 1.20 bits per heavy atom. The molecule has 0 aromatic heterocycles. The van der Waals surface area contributed by atoms with Gasteiger partial charge in [0.15, 0.2) is 0 Å². The van der Waals surface area contributed by atoms with Gasteiger partial charge in [-0.1, -0.05) is 35.9 Å². The summed E-state index contributed by atoms with van der Waals surface area (Å²) >= 11 is 6.22. The van der Waals surface area contributed by atoms with Gasteiger partial charge in [-0.25, -0.2) is 0 Å². The van der Waals surface area contributed by atoms with Gasteiger partial charge in [0.1, 0.15) is 11.5 Å². The first-order valence-corrected chi connectivity index (χ1v) is 6.91. The molecule has 0 radical (unpaired) electrons. The summed E-state index contributed by atoms with van der Waals surface area (Å²) in [6.45, 7) is 1.99. The zero-order valence-electron chi connectivity index (χ0n) is 11.3. The first-order valence-electron chi connectivity index (χ1n) is 6.53. The lowest BCUT2D eigenvalue weighted by molar-refractivity contribution is 0.298. The third-order valence-corrected chi connectivity index (χ3v) is 3.35. The minimum atomic E-state index is -0.0665. The highest BCUT2D eigenvalue weighted by molar-refractivity contribution is 6.32. The highest BCUT2D eigenvalue weighted by atomic mass is 35.5. The normalized spacial score (nSPS) is 12.2. The summed E-state index contributed by atoms with van der Waals surface area (Å²) in [5.41, 5.74) is 7.73. The zero-order valence-corrected chi connectivity index (χ0v) is 12.1. The Morgan fingerprint density at radius 2 is 1.95 bits per heavy atom. The predicted octanol–water partition coefficient (Wildman–Crippen LogP) is 3.69. The van der Waals surface area contributed by atoms with Gasteiger partial charge in [-0.05, 0) is 42.7 Å². The number of aliphatic hydroxyl groups excluding tert-OH is 1. The molecule has 2 aromatic carbocycles. The maximum Gasteiger partial charge on any atom is 0.146 e. The van der Waals surface area contributed by atoms with Crippen molar-refractivity contribution in [2.45, 2.75) is 19.4 Å². The number of nitrogens with two attached hydrogens (primary N) is 1. The van der Waals surface area contributed by atoms with Crippen molar-refractivity contribution in [3.8, 4) is 11.5 Å². The molecule has 0 amide bonds. The molecule has 0 spiro atoms. The van der Waals surface area contributed by atoms with Crippen LogP contribution >= 0.6 is 11.6 Å². The predicted molar refractivity (Wildman–Crippen MR) is 81.4 cm³/mol. The van der Waals surface area contributed by atoms with Gasteiger partial charge in [0.25, 0.3) is 0 Å². The summed E-state index contributed by atoms with van der Waals surface area (Å²) in [5.74, 6) is 1.29. The van der Waals surface area contributed by atoms with E-state index in [0.29, 0.717) is 22.9 Å². The minimum Gasteiger partial charge on any atom is -0.456 e. The maximum absolute atomic E-state index is 9.07. The van der Waals surface area contributed by atoms with Crippen molar-refractivity contribution in [1.82, 2.24) is 0 Å². The van der Waals surface area contributed by atoms with E-state index >= 15 is 0 Å². The second-order valence-corrected chi connectivity index (χ2v) is 5.07. The molecule has 3 nitrogen and oxygen atoms in total. The van der Waals surface area contributed by atoms with Crippen molar-refractivity contribution in [3.05, 3.63) is 58.6 Å². The van der Waals surface area contributed by atoms with Gasteiger partial charge in [-0.3, -0.25) is 0 Å². The van der Waals surface area contributed by atoms with E-state index < -0.39 is 0 Å². The van der Waals surface area contributed by atoms with Crippen LogP contribution in [-0.4, -0.2) is 11.7 Å². The van der Waals surface area contributed by atoms with Gasteiger partial charge in [-0.2, -0.15) is 0 Å². The summed E-state index contributed by atoms with van der Waals surface area (Å²) in [7, 11) is 0. The largest absolute Gasteiger partial charge is 0.456 e. The lowest BCUT2D eigenvalue weighted by atomic mass is 10.1. The molecule has 2 rings (SSSR count). The molecule has 0 saturated carbocycles. The molecular formula is C16H18ClNO2. The van der Waals surface area contributed by atoms with Crippen LogP contribution in [0.5, 0.6) is 11.5 Å². The fraction of sp³-hybridized carbons (Fsp3) is 0.250. The number of ether oxygens (including phenoxy) is 1. The minimum absolute atomic E-state index is 0.0665. The van der Waals surface area contributed by atoms with E-state index in [1.54, 1.807) is 0 Å². The molecule has 0 unspecified atom stereocenters. The van der Waals surface area contributed by atoms with Crippen LogP contribution in [0.15, 0.2) is 42.5 Å². The Morgan fingerprint density at radius 3 is 2.60 bits per heavy atom. The second kappa shape index (κ2) is 6.75. The van der Waals surface area contributed by atoms with Crippen LogP contribution in [0.1, 0.15) is 24.1 Å². The standard InChI is InChI=1S/C16H18ClNO2/c1-11(18)13-6-7-16(14(17)10-13)20-15-5-3-2-4-12(15)8-9-19/h2-7,10-11,19H,8-9,18H2,1H3/t11-/m0/s1. The number of hydrogen-bond acceptors (Lipinski definition) is 3. The van der Waals surface area contributed by atoms with Gasteiger partial charge in [0.2, 0.25) is 0 Å². The second-order valence-electron chi connectivity index (χ2n) is 4.66. The van der Waals surface area contributed by atoms with E-state index in [1.165, 1.54) is 0 Å². The van der Waals surface area contributed by atoms with E-state index in [4.69, 9.17) is 27.2 Å². The van der Waals surface area contributed by atoms with Crippen molar-refractivity contribution in [2.24, 2.45) is 5.73 Å². The molecule has 4 heteroatoms. The Hall–Kier alpha value is -1.55. The molecule has 0 aliphatic rings. The summed E-state index contributed by atoms with van der Waals surface area (Å²) < 4.78 is 5.84. The summed E-state index contributed by atoms with van der Waals surface area (Å²) in [4.78, 5) is 0. The van der Waals surface area contributed by atoms with Crippen molar-refractivity contribution in [3.63, 3.8) is 0 Å². The molecular weight excluding hydrogens is 274 g/mol. The number of hydrogen-bond donors (Lipinski definition) is 2. The molecule has 0 saturated heterocycles. The van der Waals surface area contributed by atoms with Crippen LogP contribution in [0.25, 0.3) is 0 Å². The molecule has 20 heavy (non-hydrogen) atoms. The van der Waals surface area contributed by atoms with Crippen LogP contribution in [0, 0.1) is 0 Å². The topological polar surface area (TPSA) is 55.5 Å². The van der Waals surface area contributed by atoms with Gasteiger partial charge in [0, 0.05) is 12.6 Å². The van der Waals surface area contributed by atoms with E-state index in [1.807, 2.05) is 49.4 Å². The summed E-state index contributed by atoms with van der Waals surface area (Å²) in [6, 6.07) is 13.1. The molecule has 1 atom stereocenters. The Labute approximate surface area is 123 Å². The lowest BCUT2D eigenvalue weighted by Crippen LogP contribution is -2.04. The number of halogens is 1. The van der Waals surface area contributed by atoms with E-state index in [2.05, 4.69) is 0 Å². The van der Waals surface area contributed by atoms with Crippen LogP contribution in [0.2, 0.25) is 5.02 Å². The average Bonchev–Trinajstić information content (AvgIpc) is 2.43. The van der Waals surface area contributed by atoms with Gasteiger partial charge >= 0.3 is 0 Å². The van der Waals surface area contributed by atoms with Crippen molar-refractivity contribution in [2.75, 3.05) is 6.61 Å². The number of para-hydroxylation sites is 1. The molecule has 3 N–H and O–H groups in total. The molecule has 106 valence electrons. The van der Waals surface area contributed by atoms with Crippen LogP contribution < -0.4 is 10.5 Å². The highest BCUT2D eigenvalue weighted by Gasteiger charge is 2.09. The van der Waals surface area contributed by atoms with Crippen molar-refractivity contribution < 1.29 is 9.84 Å². The zero-order chi connectivity index (χ0) is 14.5. The number of aliphatic hydroxyl groups is 1. The first kappa shape index (κ1) is 14.9. The van der Waals surface area contributed by atoms with E-state index in [-0.39, 0.29) is 12.6 Å². The van der Waals surface area contributed by atoms with Crippen molar-refractivity contribution >= 4 is 11.6 Å². The number of benzene rings is 2. The monoisotopic (exact) mass is 291 g/mol. The van der Waals surface area contributed by atoms with E-state index in [0.717, 1.165) is 11.1 Å². The molecule has 0 bridgehead atoms. The van der Waals surface area contributed by atoms with Crippen molar-refractivity contribution in [1.29, 1.82) is 0 Å². The Balaban J connectivity index is 2.26. The Bertz CT molecular complexity index is 584. The molecule has 2 aromatic rings. The third kappa shape index (κ3) is 3.51. The van der Waals surface area contributed by atoms with E-state index in [9.17, 15) is 0 Å². The molecule has 0 aliphatic heterocycles. The highest BCUT2D eigenvalue weighted by Crippen LogP contribution is 2.33. The third-order valence-electron chi connectivity index (χ3n) is 3.06. The first-order chi connectivity index (χ1) is 9.61. The summed E-state index contributed by atoms with van der Waals surface area (Å²) in [5, 5.41) is 9.59. The molecule has 0 heterocycles. The van der Waals surface area contributed by atoms with Gasteiger partial charge in [-0.15, -0.1) is 0 Å². The van der Waals surface area contributed by atoms with Crippen LogP contribution in [0.4, 0.5) is 0 Å². The quantitative estimate of drug-likeness (QED) is 0.883. The molecule has 0 fully saturated rings. The fourth-order valence-electron chi connectivity index (χ4n) is 1.93.